The highest BCUT2D eigenvalue weighted by Gasteiger charge is 2.00. The molecule has 18 heavy (non-hydrogen) atoms. The number of nitrogens with two attached hydrogens (primary N) is 1. The molecule has 0 amide bonds. The van der Waals surface area contributed by atoms with Crippen LogP contribution in [0.1, 0.15) is 12.0 Å². The fourth-order valence-corrected chi connectivity index (χ4v) is 1.80. The summed E-state index contributed by atoms with van der Waals surface area (Å²) in [6.07, 6.45) is 0.859. The topological polar surface area (TPSA) is 53.7 Å². The summed E-state index contributed by atoms with van der Waals surface area (Å²) in [6, 6.07) is 5.83. The lowest BCUT2D eigenvalue weighted by molar-refractivity contribution is 0.0644. The van der Waals surface area contributed by atoms with Crippen LogP contribution in [-0.4, -0.2) is 33.5 Å². The van der Waals surface area contributed by atoms with Gasteiger partial charge in [-0.2, -0.15) is 0 Å². The molecule has 0 aliphatic carbocycles. The Labute approximate surface area is 117 Å². The minimum Gasteiger partial charge on any atom is -0.493 e. The second kappa shape index (κ2) is 9.33. The molecule has 0 heterocycles. The first-order valence-corrected chi connectivity index (χ1v) is 6.75. The summed E-state index contributed by atoms with van der Waals surface area (Å²) >= 11 is 3.44. The molecule has 0 fully saturated rings. The van der Waals surface area contributed by atoms with E-state index in [2.05, 4.69) is 15.9 Å². The van der Waals surface area contributed by atoms with E-state index in [0.29, 0.717) is 33.0 Å². The lowest BCUT2D eigenvalue weighted by atomic mass is 10.2. The molecule has 0 spiro atoms. The first-order chi connectivity index (χ1) is 8.77. The van der Waals surface area contributed by atoms with E-state index in [4.69, 9.17) is 19.9 Å². The lowest BCUT2D eigenvalue weighted by Crippen LogP contribution is -2.07. The Morgan fingerprint density at radius 3 is 2.72 bits per heavy atom. The molecule has 1 aromatic carbocycles. The first-order valence-electron chi connectivity index (χ1n) is 5.96. The van der Waals surface area contributed by atoms with Gasteiger partial charge in [0.15, 0.2) is 0 Å². The van der Waals surface area contributed by atoms with Crippen molar-refractivity contribution in [1.82, 2.24) is 0 Å². The Hall–Kier alpha value is -0.620. The number of methoxy groups -OCH3 is 1. The molecule has 5 heteroatoms. The Kier molecular flexibility index (Phi) is 8.00. The molecule has 102 valence electrons. The van der Waals surface area contributed by atoms with Gasteiger partial charge >= 0.3 is 0 Å². The van der Waals surface area contributed by atoms with Gasteiger partial charge in [-0.05, 0) is 23.8 Å². The number of halogens is 1. The predicted molar refractivity (Wildman–Crippen MR) is 74.8 cm³/mol. The maximum Gasteiger partial charge on any atom is 0.119 e. The van der Waals surface area contributed by atoms with Gasteiger partial charge < -0.3 is 19.9 Å². The maximum atomic E-state index is 5.63. The van der Waals surface area contributed by atoms with Crippen LogP contribution in [0, 0.1) is 0 Å². The van der Waals surface area contributed by atoms with Gasteiger partial charge in [0.25, 0.3) is 0 Å². The molecule has 0 saturated heterocycles. The molecule has 0 saturated carbocycles. The SMILES string of the molecule is COCCOCCCOc1ccc(Br)c(CN)c1. The quantitative estimate of drug-likeness (QED) is 0.710. The van der Waals surface area contributed by atoms with Gasteiger partial charge in [-0.25, -0.2) is 0 Å². The van der Waals surface area contributed by atoms with Gasteiger partial charge in [0.05, 0.1) is 19.8 Å². The lowest BCUT2D eigenvalue weighted by Gasteiger charge is -2.09. The molecular formula is C13H20BrNO3. The Morgan fingerprint density at radius 1 is 1.17 bits per heavy atom. The summed E-state index contributed by atoms with van der Waals surface area (Å²) in [4.78, 5) is 0. The van der Waals surface area contributed by atoms with E-state index in [1.54, 1.807) is 7.11 Å². The van der Waals surface area contributed by atoms with Gasteiger partial charge in [0, 0.05) is 31.2 Å². The highest BCUT2D eigenvalue weighted by atomic mass is 79.9. The molecule has 4 nitrogen and oxygen atoms in total. The van der Waals surface area contributed by atoms with Crippen molar-refractivity contribution in [3.05, 3.63) is 28.2 Å². The largest absolute Gasteiger partial charge is 0.493 e. The molecule has 1 aromatic rings. The molecule has 0 radical (unpaired) electrons. The van der Waals surface area contributed by atoms with Crippen LogP contribution in [0.25, 0.3) is 0 Å². The van der Waals surface area contributed by atoms with Crippen LogP contribution >= 0.6 is 15.9 Å². The van der Waals surface area contributed by atoms with Gasteiger partial charge in [-0.15, -0.1) is 0 Å². The van der Waals surface area contributed by atoms with Crippen LogP contribution in [0.15, 0.2) is 22.7 Å². The van der Waals surface area contributed by atoms with E-state index >= 15 is 0 Å². The fourth-order valence-electron chi connectivity index (χ4n) is 1.39. The highest BCUT2D eigenvalue weighted by Crippen LogP contribution is 2.22. The second-order valence-corrected chi connectivity index (χ2v) is 4.62. The zero-order chi connectivity index (χ0) is 13.2. The van der Waals surface area contributed by atoms with Crippen molar-refractivity contribution in [3.8, 4) is 5.75 Å². The van der Waals surface area contributed by atoms with Gasteiger partial charge in [0.2, 0.25) is 0 Å². The number of benzene rings is 1. The van der Waals surface area contributed by atoms with Crippen LogP contribution in [0.4, 0.5) is 0 Å². The van der Waals surface area contributed by atoms with Crippen LogP contribution in [0.5, 0.6) is 5.75 Å². The molecule has 0 aliphatic rings. The number of ether oxygens (including phenoxy) is 3. The van der Waals surface area contributed by atoms with Crippen LogP contribution in [0.2, 0.25) is 0 Å². The molecule has 0 aromatic heterocycles. The van der Waals surface area contributed by atoms with Crippen molar-refractivity contribution in [2.45, 2.75) is 13.0 Å². The van der Waals surface area contributed by atoms with Crippen molar-refractivity contribution in [2.24, 2.45) is 5.73 Å². The molecule has 0 aliphatic heterocycles. The third-order valence-electron chi connectivity index (χ3n) is 2.37. The van der Waals surface area contributed by atoms with Crippen molar-refractivity contribution in [1.29, 1.82) is 0 Å². The minimum absolute atomic E-state index is 0.498. The van der Waals surface area contributed by atoms with E-state index < -0.39 is 0 Å². The summed E-state index contributed by atoms with van der Waals surface area (Å²) in [5, 5.41) is 0. The van der Waals surface area contributed by atoms with E-state index in [0.717, 1.165) is 22.2 Å². The maximum absolute atomic E-state index is 5.63. The second-order valence-electron chi connectivity index (χ2n) is 3.76. The third kappa shape index (κ3) is 5.82. The summed E-state index contributed by atoms with van der Waals surface area (Å²) in [7, 11) is 1.66. The van der Waals surface area contributed by atoms with E-state index in [1.165, 1.54) is 0 Å². The van der Waals surface area contributed by atoms with Crippen molar-refractivity contribution in [2.75, 3.05) is 33.5 Å². The van der Waals surface area contributed by atoms with Crippen LogP contribution in [0.3, 0.4) is 0 Å². The molecular weight excluding hydrogens is 298 g/mol. The highest BCUT2D eigenvalue weighted by molar-refractivity contribution is 9.10. The first kappa shape index (κ1) is 15.4. The number of hydrogen-bond donors (Lipinski definition) is 1. The molecule has 2 N–H and O–H groups in total. The average molecular weight is 318 g/mol. The summed E-state index contributed by atoms with van der Waals surface area (Å²) in [6.45, 7) is 3.08. The van der Waals surface area contributed by atoms with E-state index in [9.17, 15) is 0 Å². The van der Waals surface area contributed by atoms with E-state index in [1.807, 2.05) is 18.2 Å². The molecule has 0 unspecified atom stereocenters. The van der Waals surface area contributed by atoms with Gasteiger partial charge in [-0.3, -0.25) is 0 Å². The van der Waals surface area contributed by atoms with Crippen LogP contribution < -0.4 is 10.5 Å². The molecule has 1 rings (SSSR count). The zero-order valence-corrected chi connectivity index (χ0v) is 12.2. The summed E-state index contributed by atoms with van der Waals surface area (Å²) < 4.78 is 16.9. The van der Waals surface area contributed by atoms with E-state index in [-0.39, 0.29) is 0 Å². The standard InChI is InChI=1S/C13H20BrNO3/c1-16-7-8-17-5-2-6-18-12-3-4-13(14)11(9-12)10-15/h3-4,9H,2,5-8,10,15H2,1H3. The molecule has 0 bridgehead atoms. The Bertz CT molecular complexity index is 347. The minimum atomic E-state index is 0.498. The van der Waals surface area contributed by atoms with Crippen LogP contribution in [-0.2, 0) is 16.0 Å². The van der Waals surface area contributed by atoms with Crippen molar-refractivity contribution >= 4 is 15.9 Å². The number of hydrogen-bond acceptors (Lipinski definition) is 4. The smallest absolute Gasteiger partial charge is 0.119 e. The summed E-state index contributed by atoms with van der Waals surface area (Å²) in [5.41, 5.74) is 6.67. The normalized spacial score (nSPS) is 10.6. The Balaban J connectivity index is 2.19. The zero-order valence-electron chi connectivity index (χ0n) is 10.7. The monoisotopic (exact) mass is 317 g/mol. The average Bonchev–Trinajstić information content (AvgIpc) is 2.39. The third-order valence-corrected chi connectivity index (χ3v) is 3.14. The summed E-state index contributed by atoms with van der Waals surface area (Å²) in [5.74, 6) is 0.843. The molecule has 0 atom stereocenters. The van der Waals surface area contributed by atoms with Gasteiger partial charge in [-0.1, -0.05) is 15.9 Å². The van der Waals surface area contributed by atoms with Crippen molar-refractivity contribution < 1.29 is 14.2 Å². The number of rotatable bonds is 9. The van der Waals surface area contributed by atoms with Gasteiger partial charge in [0.1, 0.15) is 5.75 Å². The van der Waals surface area contributed by atoms with Crippen molar-refractivity contribution in [3.63, 3.8) is 0 Å². The fraction of sp³-hybridized carbons (Fsp3) is 0.538. The predicted octanol–water partition coefficient (Wildman–Crippen LogP) is 2.34. The Morgan fingerprint density at radius 2 is 2.00 bits per heavy atom.